The third kappa shape index (κ3) is 15.7. The van der Waals surface area contributed by atoms with Gasteiger partial charge < -0.3 is 38.6 Å². The van der Waals surface area contributed by atoms with Crippen molar-refractivity contribution in [3.05, 3.63) is 415 Å². The molecule has 0 radical (unpaired) electrons. The number of hydrogen-bond acceptors (Lipinski definition) is 14. The number of benzene rings is 15. The van der Waals surface area contributed by atoms with Crippen molar-refractivity contribution < 1.29 is 33.6 Å². The van der Waals surface area contributed by atoms with Gasteiger partial charge in [-0.1, -0.05) is 303 Å². The van der Waals surface area contributed by atoms with Crippen molar-refractivity contribution in [1.82, 2.24) is 29.3 Å². The van der Waals surface area contributed by atoms with Crippen LogP contribution in [0, 0.1) is 0 Å². The lowest BCUT2D eigenvalue weighted by Crippen LogP contribution is -2.34. The maximum absolute atomic E-state index is 12.8. The zero-order valence-corrected chi connectivity index (χ0v) is 94.1. The normalized spacial score (nSPS) is 15.4. The van der Waals surface area contributed by atoms with Gasteiger partial charge in [-0.15, -0.1) is 0 Å². The van der Waals surface area contributed by atoms with Crippen molar-refractivity contribution in [2.24, 2.45) is 0 Å². The number of carbonyl (C=O) groups is 1. The fourth-order valence-corrected chi connectivity index (χ4v) is 27.2. The van der Waals surface area contributed by atoms with Crippen LogP contribution in [0.15, 0.2) is 356 Å². The van der Waals surface area contributed by atoms with Crippen LogP contribution in [0.3, 0.4) is 0 Å². The second kappa shape index (κ2) is 36.7. The minimum absolute atomic E-state index is 0.0215. The van der Waals surface area contributed by atoms with Crippen molar-refractivity contribution in [1.29, 1.82) is 0 Å². The summed E-state index contributed by atoms with van der Waals surface area (Å²) in [5.74, 6) is 3.37. The zero-order valence-electron chi connectivity index (χ0n) is 82.9. The average Bonchev–Trinajstić information content (AvgIpc) is 1.50. The predicted octanol–water partition coefficient (Wildman–Crippen LogP) is 34.2. The summed E-state index contributed by atoms with van der Waals surface area (Å²) in [4.78, 5) is 21.3. The van der Waals surface area contributed by atoms with Crippen molar-refractivity contribution in [3.63, 3.8) is 0 Å². The number of ether oxygens (including phenoxy) is 5. The van der Waals surface area contributed by atoms with E-state index in [1.807, 2.05) is 103 Å². The summed E-state index contributed by atoms with van der Waals surface area (Å²) in [6.45, 7) is 20.7. The Bertz CT molecular complexity index is 8130. The van der Waals surface area contributed by atoms with Crippen LogP contribution >= 0.6 is 119 Å². The molecule has 732 valence electrons. The molecule has 15 nitrogen and oxygen atoms in total. The van der Waals surface area contributed by atoms with Crippen LogP contribution in [-0.4, -0.2) is 75.3 Å². The number of nitrogens with zero attached hydrogens (tertiary/aromatic N) is 8. The van der Waals surface area contributed by atoms with Gasteiger partial charge in [0.15, 0.2) is 12.0 Å². The highest BCUT2D eigenvalue weighted by Crippen LogP contribution is 2.66. The van der Waals surface area contributed by atoms with Gasteiger partial charge in [0.05, 0.1) is 85.4 Å². The molecule has 15 aromatic carbocycles. The van der Waals surface area contributed by atoms with Crippen LogP contribution in [-0.2, 0) is 37.7 Å². The van der Waals surface area contributed by atoms with Gasteiger partial charge in [0, 0.05) is 125 Å². The van der Waals surface area contributed by atoms with Crippen LogP contribution in [0.2, 0.25) is 0 Å². The van der Waals surface area contributed by atoms with Crippen LogP contribution in [0.4, 0.5) is 34.1 Å². The molecular weight excluding hydrogens is 2260 g/mol. The van der Waals surface area contributed by atoms with Crippen molar-refractivity contribution in [3.8, 4) is 101 Å². The molecule has 5 aliphatic heterocycles. The molecule has 1 atom stereocenters. The standard InChI is InChI=1S/C54H44N4O4S2.C31H30Br2N2O2.C26H20Br2N2.C13H6Br2O/c1-53(2,3)52-30-47-39-10-8-9-11-40(39)54(58(47)55-52)41-24-31(56-43-20-14-33(59-4)26-48(43)63-49-27-34(60-5)15-21-44(49)56)12-18-37(41)38-19-13-32(25-42(38)54)57-45-22-16-35(61-6)28-50(45)64-51-29-36(62-7)17-23-46(51)57;1-30(2,3)28-18-27(35(34-28)29-10-6-7-15-37-29)23-8-4-5-9-24(23)31(36)25-16-19(32)11-13-21(25)22-14-12-20(33)17-26(22)31;1-25(2,3)24-14-23-19-6-4-5-7-20(19)26(30(23)29-24)21-12-15(27)8-10-17(21)18-11-9-16(28)13-22(18)26;14-7-1-3-9-10-4-2-8(15)6-12(10)13(16)11(9)5-7/h8-30H,1-7H3;4-5,8-9,11-14,16-18,29,36H,6-7,10,15H2,1-3H3;4-14H,1-3H3;1-6H. The maximum atomic E-state index is 12.8. The Labute approximate surface area is 914 Å². The van der Waals surface area contributed by atoms with E-state index in [-0.39, 0.29) is 28.3 Å². The van der Waals surface area contributed by atoms with Crippen LogP contribution in [0.5, 0.6) is 23.0 Å². The number of anilines is 6. The number of hydrogen-bond donors (Lipinski definition) is 1. The Morgan fingerprint density at radius 3 is 0.993 bits per heavy atom. The SMILES string of the molecule is CC(C)(C)c1cc(-c2ccccc2C2(O)c3cc(Br)ccc3-c3ccc(Br)cc32)n(C2CCCCO2)n1.CC(C)(C)c1cc2n(n1)C1(c3cc(Br)ccc3-c3ccc(Br)cc31)c1ccccc1-2.COc1ccc2c(c1)Sc1cc(OC)ccc1N2c1ccc2c(c1)C1(c3cc(N4c5ccc(OC)cc5Sc5cc(OC)ccc54)ccc3-2)c2ccccc2-c2cc(C(C)(C)C)nn21.O=C1c2cc(Br)ccc2-c2ccc(Br)cc21. The first-order valence-corrected chi connectivity index (χ1v) is 55.5. The molecule has 1 saturated heterocycles. The number of fused-ring (bicyclic) bond motifs is 30. The minimum atomic E-state index is -1.33. The molecule has 27 rings (SSSR count). The fourth-order valence-electron chi connectivity index (χ4n) is 22.8. The van der Waals surface area contributed by atoms with E-state index < -0.39 is 16.7 Å². The molecule has 1 N–H and O–H groups in total. The number of rotatable bonds is 9. The first-order valence-electron chi connectivity index (χ1n) is 49.1. The number of carbonyl (C=O) groups excluding carboxylic acids is 1. The lowest BCUT2D eigenvalue weighted by atomic mass is 9.80. The monoisotopic (exact) mass is 2350 g/mol. The van der Waals surface area contributed by atoms with E-state index in [1.54, 1.807) is 52.0 Å². The van der Waals surface area contributed by atoms with E-state index in [1.165, 1.54) is 72.5 Å². The molecule has 23 heteroatoms. The van der Waals surface area contributed by atoms with Gasteiger partial charge in [0.25, 0.3) is 0 Å². The zero-order chi connectivity index (χ0) is 102. The molecule has 0 bridgehead atoms. The first kappa shape index (κ1) is 97.0. The van der Waals surface area contributed by atoms with Gasteiger partial charge in [-0.2, -0.15) is 15.3 Å². The quantitative estimate of drug-likeness (QED) is 0.146. The topological polar surface area (TPSA) is 143 Å². The third-order valence-corrected chi connectivity index (χ3v) is 34.9. The first-order chi connectivity index (χ1) is 70.8. The highest BCUT2D eigenvalue weighted by Gasteiger charge is 2.57. The van der Waals surface area contributed by atoms with E-state index >= 15 is 0 Å². The summed E-state index contributed by atoms with van der Waals surface area (Å²) in [6.07, 6.45) is 3.00. The van der Waals surface area contributed by atoms with Gasteiger partial charge >= 0.3 is 0 Å². The van der Waals surface area contributed by atoms with E-state index in [0.717, 1.165) is 214 Å². The average molecular weight is 2360 g/mol. The Balaban J connectivity index is 0.000000117. The summed E-state index contributed by atoms with van der Waals surface area (Å²) >= 11 is 25.0. The minimum Gasteiger partial charge on any atom is -0.497 e. The molecule has 0 amide bonds. The van der Waals surface area contributed by atoms with Gasteiger partial charge in [-0.05, 0) is 285 Å². The number of aliphatic hydroxyl groups is 1. The van der Waals surface area contributed by atoms with Crippen LogP contribution < -0.4 is 28.7 Å². The Morgan fingerprint density at radius 2 is 0.633 bits per heavy atom. The molecule has 4 aliphatic carbocycles. The summed E-state index contributed by atoms with van der Waals surface area (Å²) in [5, 5.41) is 28.8. The number of halogens is 6. The van der Waals surface area contributed by atoms with Crippen LogP contribution in [0.1, 0.15) is 171 Å². The van der Waals surface area contributed by atoms with Gasteiger partial charge in [-0.3, -0.25) is 4.79 Å². The van der Waals surface area contributed by atoms with E-state index in [4.69, 9.17) is 39.0 Å². The van der Waals surface area contributed by atoms with Gasteiger partial charge in [0.2, 0.25) is 0 Å². The Kier molecular flexibility index (Phi) is 24.2. The molecule has 1 unspecified atom stereocenters. The molecule has 2 spiro atoms. The number of aromatic nitrogens is 6. The maximum Gasteiger partial charge on any atom is 0.194 e. The lowest BCUT2D eigenvalue weighted by molar-refractivity contribution is -0.0387. The molecule has 0 saturated carbocycles. The van der Waals surface area contributed by atoms with E-state index in [9.17, 15) is 9.90 Å². The molecule has 3 aromatic heterocycles. The van der Waals surface area contributed by atoms with E-state index in [2.05, 4.69) is 388 Å². The number of methoxy groups -OCH3 is 4. The Morgan fingerprint density at radius 1 is 0.320 bits per heavy atom. The molecule has 147 heavy (non-hydrogen) atoms. The van der Waals surface area contributed by atoms with Crippen LogP contribution in [0.25, 0.3) is 78.3 Å². The van der Waals surface area contributed by atoms with E-state index in [0.29, 0.717) is 0 Å². The van der Waals surface area contributed by atoms with Gasteiger partial charge in [-0.25, -0.2) is 14.0 Å². The van der Waals surface area contributed by atoms with Crippen molar-refractivity contribution in [2.75, 3.05) is 44.8 Å². The van der Waals surface area contributed by atoms with Crippen molar-refractivity contribution >= 4 is 159 Å². The largest absolute Gasteiger partial charge is 0.497 e. The highest BCUT2D eigenvalue weighted by molar-refractivity contribution is 9.11. The summed E-state index contributed by atoms with van der Waals surface area (Å²) in [7, 11) is 6.88. The molecule has 1 fully saturated rings. The lowest BCUT2D eigenvalue weighted by Gasteiger charge is -2.36. The molecule has 9 aliphatic rings. The van der Waals surface area contributed by atoms with Crippen molar-refractivity contribution in [2.45, 2.75) is 140 Å². The Hall–Kier alpha value is -12.1. The summed E-state index contributed by atoms with van der Waals surface area (Å²) in [6, 6.07) is 109. The summed E-state index contributed by atoms with van der Waals surface area (Å²) in [5.41, 5.74) is 34.0. The molecule has 8 heterocycles. The highest BCUT2D eigenvalue weighted by atomic mass is 79.9. The number of ketones is 1. The second-order valence-electron chi connectivity index (χ2n) is 41.5. The predicted molar refractivity (Wildman–Crippen MR) is 612 cm³/mol. The summed E-state index contributed by atoms with van der Waals surface area (Å²) < 4.78 is 41.7. The van der Waals surface area contributed by atoms with Gasteiger partial charge in [0.1, 0.15) is 39.7 Å². The molecule has 18 aromatic rings. The second-order valence-corrected chi connectivity index (χ2v) is 49.2. The molecular formula is C124H100Br6N8O7S2. The third-order valence-electron chi connectivity index (χ3n) is 29.8. The fraction of sp³-hybridized carbons (Fsp3) is 0.194. The smallest absolute Gasteiger partial charge is 0.194 e.